The van der Waals surface area contributed by atoms with Crippen molar-refractivity contribution < 1.29 is 0 Å². The molecule has 0 saturated carbocycles. The minimum absolute atomic E-state index is 0.320. The third kappa shape index (κ3) is 1.92. The van der Waals surface area contributed by atoms with Crippen LogP contribution in [0.2, 0.25) is 0 Å². The van der Waals surface area contributed by atoms with E-state index < -0.39 is 0 Å². The molecule has 1 aromatic carbocycles. The summed E-state index contributed by atoms with van der Waals surface area (Å²) in [5.74, 6) is 0. The fraction of sp³-hybridized carbons (Fsp3) is 0.500. The van der Waals surface area contributed by atoms with Gasteiger partial charge in [0, 0.05) is 11.6 Å². The van der Waals surface area contributed by atoms with Gasteiger partial charge in [0.25, 0.3) is 0 Å². The zero-order valence-corrected chi connectivity index (χ0v) is 8.38. The van der Waals surface area contributed by atoms with Gasteiger partial charge in [0.1, 0.15) is 0 Å². The van der Waals surface area contributed by atoms with E-state index in [1.54, 1.807) is 0 Å². The summed E-state index contributed by atoms with van der Waals surface area (Å²) < 4.78 is 0. The Balaban J connectivity index is 2.13. The van der Waals surface area contributed by atoms with Crippen LogP contribution in [0.25, 0.3) is 0 Å². The zero-order chi connectivity index (χ0) is 9.31. The van der Waals surface area contributed by atoms with Crippen LogP contribution in [0.5, 0.6) is 0 Å². The van der Waals surface area contributed by atoms with Gasteiger partial charge in [-0.3, -0.25) is 0 Å². The molecule has 1 unspecified atom stereocenters. The predicted octanol–water partition coefficient (Wildman–Crippen LogP) is 2.89. The minimum atomic E-state index is 0.320. The topological polar surface area (TPSA) is 12.0 Å². The Kier molecular flexibility index (Phi) is 2.12. The second-order valence-corrected chi connectivity index (χ2v) is 4.53. The second kappa shape index (κ2) is 3.15. The molecule has 0 aromatic heterocycles. The van der Waals surface area contributed by atoms with E-state index in [1.165, 1.54) is 18.4 Å². The normalized spacial score (nSPS) is 26.2. The molecule has 1 aliphatic heterocycles. The van der Waals surface area contributed by atoms with Gasteiger partial charge < -0.3 is 5.32 Å². The largest absolute Gasteiger partial charge is 0.305 e. The highest BCUT2D eigenvalue weighted by atomic mass is 15.0. The summed E-state index contributed by atoms with van der Waals surface area (Å²) in [6.45, 7) is 4.55. The van der Waals surface area contributed by atoms with E-state index in [0.29, 0.717) is 11.6 Å². The molecule has 1 N–H and O–H groups in total. The number of rotatable bonds is 1. The van der Waals surface area contributed by atoms with Crippen molar-refractivity contribution in [2.45, 2.75) is 38.3 Å². The van der Waals surface area contributed by atoms with Crippen LogP contribution in [0.1, 0.15) is 38.3 Å². The van der Waals surface area contributed by atoms with E-state index in [9.17, 15) is 0 Å². The lowest BCUT2D eigenvalue weighted by atomic mass is 10.0. The molecule has 1 fully saturated rings. The quantitative estimate of drug-likeness (QED) is 0.692. The number of benzene rings is 1. The van der Waals surface area contributed by atoms with Gasteiger partial charge >= 0.3 is 0 Å². The zero-order valence-electron chi connectivity index (χ0n) is 8.38. The van der Waals surface area contributed by atoms with Crippen LogP contribution in [0.15, 0.2) is 30.3 Å². The average Bonchev–Trinajstić information content (AvgIpc) is 2.48. The Morgan fingerprint density at radius 2 is 1.92 bits per heavy atom. The number of hydrogen-bond donors (Lipinski definition) is 1. The van der Waals surface area contributed by atoms with Crippen molar-refractivity contribution in [1.82, 2.24) is 5.32 Å². The van der Waals surface area contributed by atoms with Crippen LogP contribution in [-0.2, 0) is 0 Å². The van der Waals surface area contributed by atoms with Crippen LogP contribution in [0.3, 0.4) is 0 Å². The maximum Gasteiger partial charge on any atom is 0.0325 e. The molecule has 13 heavy (non-hydrogen) atoms. The molecule has 1 heteroatoms. The summed E-state index contributed by atoms with van der Waals surface area (Å²) in [4.78, 5) is 0. The van der Waals surface area contributed by atoms with Crippen molar-refractivity contribution in [2.75, 3.05) is 0 Å². The molecule has 1 heterocycles. The Morgan fingerprint density at radius 3 is 2.46 bits per heavy atom. The average molecular weight is 175 g/mol. The molecular weight excluding hydrogens is 158 g/mol. The molecule has 0 amide bonds. The molecule has 1 saturated heterocycles. The van der Waals surface area contributed by atoms with E-state index in [-0.39, 0.29) is 0 Å². The first-order chi connectivity index (χ1) is 6.17. The first-order valence-corrected chi connectivity index (χ1v) is 5.00. The Labute approximate surface area is 80.2 Å². The second-order valence-electron chi connectivity index (χ2n) is 4.53. The molecule has 0 spiro atoms. The van der Waals surface area contributed by atoms with Gasteiger partial charge in [-0.25, -0.2) is 0 Å². The van der Waals surface area contributed by atoms with E-state index in [1.807, 2.05) is 0 Å². The van der Waals surface area contributed by atoms with Crippen LogP contribution in [0.4, 0.5) is 0 Å². The van der Waals surface area contributed by atoms with Gasteiger partial charge in [-0.1, -0.05) is 30.3 Å². The van der Waals surface area contributed by atoms with Crippen molar-refractivity contribution in [3.63, 3.8) is 0 Å². The molecule has 2 rings (SSSR count). The Hall–Kier alpha value is -0.820. The van der Waals surface area contributed by atoms with Gasteiger partial charge in [0.15, 0.2) is 0 Å². The number of hydrogen-bond acceptors (Lipinski definition) is 1. The highest BCUT2D eigenvalue weighted by molar-refractivity contribution is 5.20. The van der Waals surface area contributed by atoms with Crippen LogP contribution < -0.4 is 5.32 Å². The molecule has 1 aromatic rings. The maximum absolute atomic E-state index is 3.65. The minimum Gasteiger partial charge on any atom is -0.305 e. The van der Waals surface area contributed by atoms with Crippen LogP contribution in [-0.4, -0.2) is 5.54 Å². The van der Waals surface area contributed by atoms with Gasteiger partial charge in [-0.15, -0.1) is 0 Å². The van der Waals surface area contributed by atoms with E-state index in [4.69, 9.17) is 0 Å². The summed E-state index contributed by atoms with van der Waals surface area (Å²) >= 11 is 0. The van der Waals surface area contributed by atoms with E-state index in [2.05, 4.69) is 49.5 Å². The maximum atomic E-state index is 3.65. The van der Waals surface area contributed by atoms with Crippen molar-refractivity contribution in [2.24, 2.45) is 0 Å². The van der Waals surface area contributed by atoms with Gasteiger partial charge in [0.05, 0.1) is 0 Å². The molecule has 70 valence electrons. The molecule has 0 aliphatic carbocycles. The van der Waals surface area contributed by atoms with Crippen molar-refractivity contribution in [1.29, 1.82) is 0 Å². The van der Waals surface area contributed by atoms with Crippen LogP contribution in [0, 0.1) is 0 Å². The molecule has 1 atom stereocenters. The summed E-state index contributed by atoms with van der Waals surface area (Å²) in [5.41, 5.74) is 1.74. The first kappa shape index (κ1) is 8.76. The van der Waals surface area contributed by atoms with E-state index in [0.717, 1.165) is 0 Å². The van der Waals surface area contributed by atoms with Gasteiger partial charge in [-0.2, -0.15) is 0 Å². The van der Waals surface area contributed by atoms with Gasteiger partial charge in [-0.05, 0) is 32.3 Å². The number of nitrogens with one attached hydrogen (secondary N) is 1. The SMILES string of the molecule is CC1(C)CCC(c2ccccc2)N1. The third-order valence-electron chi connectivity index (χ3n) is 2.82. The standard InChI is InChI=1S/C12H17N/c1-12(2)9-8-11(13-12)10-6-4-3-5-7-10/h3-7,11,13H,8-9H2,1-2H3. The summed E-state index contributed by atoms with van der Waals surface area (Å²) in [5, 5.41) is 3.65. The molecule has 0 radical (unpaired) electrons. The molecule has 1 aliphatic rings. The van der Waals surface area contributed by atoms with Gasteiger partial charge in [0.2, 0.25) is 0 Å². The summed E-state index contributed by atoms with van der Waals surface area (Å²) in [7, 11) is 0. The summed E-state index contributed by atoms with van der Waals surface area (Å²) in [6, 6.07) is 11.3. The lowest BCUT2D eigenvalue weighted by Crippen LogP contribution is -2.33. The lowest BCUT2D eigenvalue weighted by molar-refractivity contribution is 0.433. The fourth-order valence-corrected chi connectivity index (χ4v) is 2.06. The molecule has 0 bridgehead atoms. The predicted molar refractivity (Wildman–Crippen MR) is 55.6 cm³/mol. The summed E-state index contributed by atoms with van der Waals surface area (Å²) in [6.07, 6.45) is 2.53. The van der Waals surface area contributed by atoms with Crippen LogP contribution >= 0.6 is 0 Å². The fourth-order valence-electron chi connectivity index (χ4n) is 2.06. The Bertz CT molecular complexity index is 276. The lowest BCUT2D eigenvalue weighted by Gasteiger charge is -2.20. The smallest absolute Gasteiger partial charge is 0.0325 e. The highest BCUT2D eigenvalue weighted by Gasteiger charge is 2.30. The van der Waals surface area contributed by atoms with Crippen molar-refractivity contribution in [3.05, 3.63) is 35.9 Å². The Morgan fingerprint density at radius 1 is 1.23 bits per heavy atom. The first-order valence-electron chi connectivity index (χ1n) is 5.00. The molecular formula is C12H17N. The van der Waals surface area contributed by atoms with Crippen molar-refractivity contribution >= 4 is 0 Å². The third-order valence-corrected chi connectivity index (χ3v) is 2.82. The van der Waals surface area contributed by atoms with Crippen molar-refractivity contribution in [3.8, 4) is 0 Å². The highest BCUT2D eigenvalue weighted by Crippen LogP contribution is 2.31. The van der Waals surface area contributed by atoms with E-state index >= 15 is 0 Å². The molecule has 1 nitrogen and oxygen atoms in total. The monoisotopic (exact) mass is 175 g/mol.